The molecule has 1 aliphatic carbocycles. The van der Waals surface area contributed by atoms with E-state index in [1.165, 1.54) is 0 Å². The van der Waals surface area contributed by atoms with E-state index < -0.39 is 0 Å². The van der Waals surface area contributed by atoms with Gasteiger partial charge in [-0.1, -0.05) is 17.7 Å². The first-order valence-electron chi connectivity index (χ1n) is 9.25. The van der Waals surface area contributed by atoms with E-state index in [9.17, 15) is 0 Å². The van der Waals surface area contributed by atoms with Gasteiger partial charge in [0.2, 0.25) is 0 Å². The fraction of sp³-hybridized carbons (Fsp3) is 0.286. The maximum absolute atomic E-state index is 6.25. The standard InChI is InChI=1S/C21H22ClN5.3ClH/c22-15-6-10-19-18(13-15)21(14-4-7-17(27-23)8-5-14)26-20(25-19)11-9-16-3-1-2-12-24-16;;;/h1-3,6,9-14,17,27H,4-5,7-8,23H2;3*1H. The molecule has 3 aromatic rings. The number of hydrogen-bond donors (Lipinski definition) is 2. The molecule has 5 nitrogen and oxygen atoms in total. The van der Waals surface area contributed by atoms with Gasteiger partial charge in [0, 0.05) is 28.6 Å². The Balaban J connectivity index is 0.00000150. The molecular formula is C21H25Cl4N5. The zero-order chi connectivity index (χ0) is 18.6. The molecule has 0 unspecified atom stereocenters. The third kappa shape index (κ3) is 6.27. The lowest BCUT2D eigenvalue weighted by Gasteiger charge is -2.28. The first-order chi connectivity index (χ1) is 13.2. The van der Waals surface area contributed by atoms with Crippen LogP contribution in [-0.2, 0) is 0 Å². The predicted molar refractivity (Wildman–Crippen MR) is 132 cm³/mol. The number of rotatable bonds is 4. The van der Waals surface area contributed by atoms with Crippen LogP contribution in [0.2, 0.25) is 5.02 Å². The summed E-state index contributed by atoms with van der Waals surface area (Å²) in [5.74, 6) is 6.70. The molecule has 30 heavy (non-hydrogen) atoms. The second-order valence-electron chi connectivity index (χ2n) is 6.93. The molecule has 4 rings (SSSR count). The van der Waals surface area contributed by atoms with E-state index in [-0.39, 0.29) is 37.2 Å². The molecular weight excluding hydrogens is 464 g/mol. The molecule has 0 amide bonds. The second kappa shape index (κ2) is 12.4. The summed E-state index contributed by atoms with van der Waals surface area (Å²) in [6.45, 7) is 0. The van der Waals surface area contributed by atoms with Gasteiger partial charge in [-0.15, -0.1) is 37.2 Å². The van der Waals surface area contributed by atoms with Crippen LogP contribution in [-0.4, -0.2) is 21.0 Å². The fourth-order valence-electron chi connectivity index (χ4n) is 3.70. The molecule has 1 saturated carbocycles. The summed E-state index contributed by atoms with van der Waals surface area (Å²) in [4.78, 5) is 13.9. The summed E-state index contributed by atoms with van der Waals surface area (Å²) < 4.78 is 0. The molecule has 0 saturated heterocycles. The van der Waals surface area contributed by atoms with E-state index in [2.05, 4.69) is 10.4 Å². The van der Waals surface area contributed by atoms with Crippen LogP contribution >= 0.6 is 48.8 Å². The third-order valence-electron chi connectivity index (χ3n) is 5.15. The molecule has 3 N–H and O–H groups in total. The fourth-order valence-corrected chi connectivity index (χ4v) is 3.87. The summed E-state index contributed by atoms with van der Waals surface area (Å²) in [6.07, 6.45) is 9.84. The van der Waals surface area contributed by atoms with Gasteiger partial charge in [-0.25, -0.2) is 9.97 Å². The number of nitrogens with one attached hydrogen (secondary N) is 1. The molecule has 1 aliphatic rings. The molecule has 162 valence electrons. The summed E-state index contributed by atoms with van der Waals surface area (Å²) in [6, 6.07) is 12.0. The van der Waals surface area contributed by atoms with E-state index >= 15 is 0 Å². The minimum Gasteiger partial charge on any atom is -0.271 e. The average Bonchev–Trinajstić information content (AvgIpc) is 2.72. The Morgan fingerprint density at radius 2 is 1.73 bits per heavy atom. The normalized spacial score (nSPS) is 18.3. The van der Waals surface area contributed by atoms with Crippen molar-refractivity contribution in [2.75, 3.05) is 0 Å². The summed E-state index contributed by atoms with van der Waals surface area (Å²) >= 11 is 6.25. The largest absolute Gasteiger partial charge is 0.271 e. The molecule has 1 aromatic carbocycles. The number of hydrazine groups is 1. The number of nitrogens with two attached hydrogens (primary N) is 1. The molecule has 2 heterocycles. The highest BCUT2D eigenvalue weighted by molar-refractivity contribution is 6.31. The topological polar surface area (TPSA) is 76.7 Å². The Labute approximate surface area is 200 Å². The molecule has 0 bridgehead atoms. The number of nitrogens with zero attached hydrogens (tertiary/aromatic N) is 3. The van der Waals surface area contributed by atoms with Crippen LogP contribution in [0.1, 0.15) is 48.8 Å². The SMILES string of the molecule is Cl.Cl.Cl.NNC1CCC(c2nc(C=Cc3ccccn3)nc3ccc(Cl)cc23)CC1. The van der Waals surface area contributed by atoms with Crippen LogP contribution in [0, 0.1) is 0 Å². The minimum absolute atomic E-state index is 0. The lowest BCUT2D eigenvalue weighted by atomic mass is 9.83. The Kier molecular flexibility index (Phi) is 11.0. The first kappa shape index (κ1) is 26.6. The maximum atomic E-state index is 6.25. The highest BCUT2D eigenvalue weighted by Crippen LogP contribution is 2.36. The van der Waals surface area contributed by atoms with Gasteiger partial charge < -0.3 is 0 Å². The molecule has 2 aromatic heterocycles. The average molecular weight is 489 g/mol. The molecule has 0 spiro atoms. The molecule has 0 radical (unpaired) electrons. The summed E-state index contributed by atoms with van der Waals surface area (Å²) in [7, 11) is 0. The van der Waals surface area contributed by atoms with Crippen molar-refractivity contribution in [2.45, 2.75) is 37.6 Å². The van der Waals surface area contributed by atoms with E-state index in [1.807, 2.05) is 48.6 Å². The van der Waals surface area contributed by atoms with Gasteiger partial charge in [-0.2, -0.15) is 0 Å². The quantitative estimate of drug-likeness (QED) is 0.369. The Morgan fingerprint density at radius 3 is 2.40 bits per heavy atom. The zero-order valence-corrected chi connectivity index (χ0v) is 19.4. The highest BCUT2D eigenvalue weighted by Gasteiger charge is 2.24. The smallest absolute Gasteiger partial charge is 0.152 e. The van der Waals surface area contributed by atoms with Crippen LogP contribution in [0.3, 0.4) is 0 Å². The lowest BCUT2D eigenvalue weighted by Crippen LogP contribution is -2.37. The number of aromatic nitrogens is 3. The molecule has 1 fully saturated rings. The number of fused-ring (bicyclic) bond motifs is 1. The van der Waals surface area contributed by atoms with E-state index in [0.717, 1.165) is 48.0 Å². The molecule has 0 aliphatic heterocycles. The van der Waals surface area contributed by atoms with Crippen molar-refractivity contribution in [3.05, 3.63) is 64.8 Å². The number of benzene rings is 1. The number of halogens is 4. The van der Waals surface area contributed by atoms with Gasteiger partial charge in [-0.05, 0) is 68.2 Å². The van der Waals surface area contributed by atoms with Crippen LogP contribution in [0.4, 0.5) is 0 Å². The summed E-state index contributed by atoms with van der Waals surface area (Å²) in [5, 5.41) is 1.75. The van der Waals surface area contributed by atoms with Gasteiger partial charge in [0.15, 0.2) is 5.82 Å². The Bertz CT molecular complexity index is 960. The van der Waals surface area contributed by atoms with Crippen LogP contribution in [0.5, 0.6) is 0 Å². The molecule has 9 heteroatoms. The number of pyridine rings is 1. The Hall–Kier alpha value is -1.47. The van der Waals surface area contributed by atoms with Crippen LogP contribution in [0.15, 0.2) is 42.6 Å². The highest BCUT2D eigenvalue weighted by atomic mass is 35.5. The number of hydrogen-bond acceptors (Lipinski definition) is 5. The third-order valence-corrected chi connectivity index (χ3v) is 5.38. The minimum atomic E-state index is 0. The predicted octanol–water partition coefficient (Wildman–Crippen LogP) is 5.60. The van der Waals surface area contributed by atoms with Gasteiger partial charge in [0.25, 0.3) is 0 Å². The van der Waals surface area contributed by atoms with Crippen molar-refractivity contribution in [3.8, 4) is 0 Å². The van der Waals surface area contributed by atoms with Crippen LogP contribution < -0.4 is 11.3 Å². The molecule has 0 atom stereocenters. The maximum Gasteiger partial charge on any atom is 0.152 e. The lowest BCUT2D eigenvalue weighted by molar-refractivity contribution is 0.344. The van der Waals surface area contributed by atoms with Gasteiger partial charge in [-0.3, -0.25) is 16.3 Å². The van der Waals surface area contributed by atoms with Crippen molar-refractivity contribution in [2.24, 2.45) is 5.84 Å². The van der Waals surface area contributed by atoms with E-state index in [0.29, 0.717) is 22.8 Å². The van der Waals surface area contributed by atoms with Crippen molar-refractivity contribution >= 4 is 71.9 Å². The summed E-state index contributed by atoms with van der Waals surface area (Å²) in [5.41, 5.74) is 5.79. The second-order valence-corrected chi connectivity index (χ2v) is 7.37. The van der Waals surface area contributed by atoms with Gasteiger partial charge >= 0.3 is 0 Å². The van der Waals surface area contributed by atoms with Crippen molar-refractivity contribution < 1.29 is 0 Å². The van der Waals surface area contributed by atoms with Crippen LogP contribution in [0.25, 0.3) is 23.1 Å². The van der Waals surface area contributed by atoms with Gasteiger partial charge in [0.1, 0.15) is 0 Å². The Morgan fingerprint density at radius 1 is 0.967 bits per heavy atom. The van der Waals surface area contributed by atoms with Crippen molar-refractivity contribution in [3.63, 3.8) is 0 Å². The zero-order valence-electron chi connectivity index (χ0n) is 16.2. The van der Waals surface area contributed by atoms with Crippen molar-refractivity contribution in [1.82, 2.24) is 20.4 Å². The van der Waals surface area contributed by atoms with Crippen molar-refractivity contribution in [1.29, 1.82) is 0 Å². The van der Waals surface area contributed by atoms with E-state index in [4.69, 9.17) is 27.4 Å². The monoisotopic (exact) mass is 487 g/mol. The van der Waals surface area contributed by atoms with Gasteiger partial charge in [0.05, 0.1) is 16.9 Å². The van der Waals surface area contributed by atoms with E-state index in [1.54, 1.807) is 6.20 Å². The first-order valence-corrected chi connectivity index (χ1v) is 9.63.